The van der Waals surface area contributed by atoms with Crippen LogP contribution in [0.5, 0.6) is 5.75 Å². The van der Waals surface area contributed by atoms with Crippen LogP contribution in [-0.4, -0.2) is 7.11 Å². The van der Waals surface area contributed by atoms with E-state index in [1.54, 1.807) is 24.3 Å². The first-order chi connectivity index (χ1) is 8.12. The van der Waals surface area contributed by atoms with Gasteiger partial charge in [-0.3, -0.25) is 0 Å². The molecule has 0 heterocycles. The molecule has 0 aromatic heterocycles. The molecule has 0 saturated carbocycles. The molecule has 4 nitrogen and oxygen atoms in total. The molecule has 0 atom stereocenters. The smallest absolute Gasteiger partial charge is 0.145 e. The van der Waals surface area contributed by atoms with E-state index >= 15 is 0 Å². The van der Waals surface area contributed by atoms with Crippen molar-refractivity contribution < 1.29 is 4.74 Å². The molecule has 0 fully saturated rings. The van der Waals surface area contributed by atoms with Crippen molar-refractivity contribution in [2.45, 2.75) is 6.92 Å². The Labute approximate surface area is 105 Å². The summed E-state index contributed by atoms with van der Waals surface area (Å²) in [6, 6.07) is 6.95. The number of nitriles is 2. The van der Waals surface area contributed by atoms with Gasteiger partial charge in [-0.2, -0.15) is 10.5 Å². The Morgan fingerprint density at radius 2 is 2.06 bits per heavy atom. The van der Waals surface area contributed by atoms with Gasteiger partial charge in [-0.05, 0) is 24.6 Å². The molecule has 0 bridgehead atoms. The van der Waals surface area contributed by atoms with Crippen LogP contribution in [0.25, 0.3) is 0 Å². The van der Waals surface area contributed by atoms with Crippen LogP contribution < -0.4 is 10.1 Å². The lowest BCUT2D eigenvalue weighted by Crippen LogP contribution is -1.95. The van der Waals surface area contributed by atoms with Gasteiger partial charge in [0.05, 0.1) is 12.8 Å². The monoisotopic (exact) mass is 247 g/mol. The molecule has 0 radical (unpaired) electrons. The Bertz CT molecular complexity index is 522. The summed E-state index contributed by atoms with van der Waals surface area (Å²) in [6.07, 6.45) is 1.31. The average molecular weight is 248 g/mol. The molecular weight excluding hydrogens is 238 g/mol. The van der Waals surface area contributed by atoms with Crippen molar-refractivity contribution in [1.29, 1.82) is 10.5 Å². The molecule has 1 rings (SSSR count). The highest BCUT2D eigenvalue weighted by Crippen LogP contribution is 2.30. The van der Waals surface area contributed by atoms with Crippen molar-refractivity contribution in [2.24, 2.45) is 0 Å². The minimum atomic E-state index is -0.0243. The molecule has 0 unspecified atom stereocenters. The SMILES string of the molecule is COc1cc(C)c(Cl)cc1NC=C(C#N)C#N. The van der Waals surface area contributed by atoms with Crippen LogP contribution in [0.15, 0.2) is 23.9 Å². The fraction of sp³-hybridized carbons (Fsp3) is 0.167. The maximum absolute atomic E-state index is 8.59. The molecule has 1 N–H and O–H groups in total. The first kappa shape index (κ1) is 12.9. The van der Waals surface area contributed by atoms with Crippen molar-refractivity contribution in [1.82, 2.24) is 0 Å². The van der Waals surface area contributed by atoms with Gasteiger partial charge in [-0.25, -0.2) is 0 Å². The van der Waals surface area contributed by atoms with Gasteiger partial charge in [0, 0.05) is 11.2 Å². The van der Waals surface area contributed by atoms with Crippen LogP contribution in [0, 0.1) is 29.6 Å². The maximum Gasteiger partial charge on any atom is 0.145 e. The number of hydrogen-bond donors (Lipinski definition) is 1. The number of nitrogens with zero attached hydrogens (tertiary/aromatic N) is 2. The zero-order valence-electron chi connectivity index (χ0n) is 9.41. The van der Waals surface area contributed by atoms with Crippen LogP contribution >= 0.6 is 11.6 Å². The number of benzene rings is 1. The second kappa shape index (κ2) is 5.79. The van der Waals surface area contributed by atoms with Gasteiger partial charge in [-0.15, -0.1) is 0 Å². The Morgan fingerprint density at radius 3 is 2.59 bits per heavy atom. The Hall–Kier alpha value is -2.17. The highest BCUT2D eigenvalue weighted by molar-refractivity contribution is 6.31. The van der Waals surface area contributed by atoms with Crippen molar-refractivity contribution in [3.05, 3.63) is 34.5 Å². The largest absolute Gasteiger partial charge is 0.495 e. The zero-order valence-corrected chi connectivity index (χ0v) is 10.2. The fourth-order valence-electron chi connectivity index (χ4n) is 1.18. The van der Waals surface area contributed by atoms with Crippen molar-refractivity contribution in [3.63, 3.8) is 0 Å². The van der Waals surface area contributed by atoms with E-state index in [4.69, 9.17) is 26.9 Å². The highest BCUT2D eigenvalue weighted by atomic mass is 35.5. The minimum absolute atomic E-state index is 0.0243. The number of hydrogen-bond acceptors (Lipinski definition) is 4. The molecule has 17 heavy (non-hydrogen) atoms. The molecule has 0 saturated heterocycles. The number of methoxy groups -OCH3 is 1. The molecule has 5 heteroatoms. The summed E-state index contributed by atoms with van der Waals surface area (Å²) in [5.41, 5.74) is 1.47. The summed E-state index contributed by atoms with van der Waals surface area (Å²) in [5, 5.41) is 20.6. The van der Waals surface area contributed by atoms with Gasteiger partial charge < -0.3 is 10.1 Å². The van der Waals surface area contributed by atoms with E-state index in [0.717, 1.165) is 5.56 Å². The molecular formula is C12H10ClN3O. The molecule has 0 aliphatic heterocycles. The average Bonchev–Trinajstić information content (AvgIpc) is 2.34. The fourth-order valence-corrected chi connectivity index (χ4v) is 1.34. The third-order valence-electron chi connectivity index (χ3n) is 2.09. The van der Waals surface area contributed by atoms with Crippen molar-refractivity contribution in [3.8, 4) is 17.9 Å². The summed E-state index contributed by atoms with van der Waals surface area (Å²) in [6.45, 7) is 1.86. The van der Waals surface area contributed by atoms with Crippen molar-refractivity contribution in [2.75, 3.05) is 12.4 Å². The van der Waals surface area contributed by atoms with Crippen LogP contribution in [0.3, 0.4) is 0 Å². The van der Waals surface area contributed by atoms with Gasteiger partial charge >= 0.3 is 0 Å². The number of allylic oxidation sites excluding steroid dienone is 1. The van der Waals surface area contributed by atoms with Crippen LogP contribution in [0.1, 0.15) is 5.56 Å². The molecule has 0 aliphatic carbocycles. The number of ether oxygens (including phenoxy) is 1. The summed E-state index contributed by atoms with van der Waals surface area (Å²) >= 11 is 5.98. The third-order valence-corrected chi connectivity index (χ3v) is 2.50. The van der Waals surface area contributed by atoms with Crippen molar-refractivity contribution >= 4 is 17.3 Å². The van der Waals surface area contributed by atoms with E-state index in [1.165, 1.54) is 13.3 Å². The highest BCUT2D eigenvalue weighted by Gasteiger charge is 2.06. The van der Waals surface area contributed by atoms with Crippen LogP contribution in [-0.2, 0) is 0 Å². The van der Waals surface area contributed by atoms with Gasteiger partial charge in [0.25, 0.3) is 0 Å². The molecule has 0 amide bonds. The Morgan fingerprint density at radius 1 is 1.41 bits per heavy atom. The lowest BCUT2D eigenvalue weighted by atomic mass is 10.2. The summed E-state index contributed by atoms with van der Waals surface area (Å²) in [5.74, 6) is 0.596. The maximum atomic E-state index is 8.59. The summed E-state index contributed by atoms with van der Waals surface area (Å²) in [7, 11) is 1.53. The Kier molecular flexibility index (Phi) is 4.39. The van der Waals surface area contributed by atoms with Crippen LogP contribution in [0.4, 0.5) is 5.69 Å². The quantitative estimate of drug-likeness (QED) is 0.834. The first-order valence-electron chi connectivity index (χ1n) is 4.73. The van der Waals surface area contributed by atoms with Gasteiger partial charge in [0.15, 0.2) is 0 Å². The van der Waals surface area contributed by atoms with E-state index in [2.05, 4.69) is 5.32 Å². The van der Waals surface area contributed by atoms with E-state index in [1.807, 2.05) is 6.92 Å². The number of aryl methyl sites for hydroxylation is 1. The lowest BCUT2D eigenvalue weighted by Gasteiger charge is -2.10. The second-order valence-electron chi connectivity index (χ2n) is 3.23. The third kappa shape index (κ3) is 3.14. The van der Waals surface area contributed by atoms with E-state index in [0.29, 0.717) is 16.5 Å². The predicted octanol–water partition coefficient (Wildman–Crippen LogP) is 3.00. The molecule has 86 valence electrons. The van der Waals surface area contributed by atoms with Gasteiger partial charge in [0.2, 0.25) is 0 Å². The number of halogens is 1. The van der Waals surface area contributed by atoms with E-state index < -0.39 is 0 Å². The lowest BCUT2D eigenvalue weighted by molar-refractivity contribution is 0.416. The predicted molar refractivity (Wildman–Crippen MR) is 65.7 cm³/mol. The standard InChI is InChI=1S/C12H10ClN3O/c1-8-3-12(17-2)11(4-10(8)13)16-7-9(5-14)6-15/h3-4,7,16H,1-2H3. The minimum Gasteiger partial charge on any atom is -0.495 e. The summed E-state index contributed by atoms with van der Waals surface area (Å²) in [4.78, 5) is 0. The molecule has 1 aromatic carbocycles. The molecule has 0 aliphatic rings. The molecule has 0 spiro atoms. The Balaban J connectivity index is 3.08. The number of rotatable bonds is 3. The number of anilines is 1. The van der Waals surface area contributed by atoms with E-state index in [-0.39, 0.29) is 5.57 Å². The second-order valence-corrected chi connectivity index (χ2v) is 3.63. The van der Waals surface area contributed by atoms with Gasteiger partial charge in [-0.1, -0.05) is 11.6 Å². The topological polar surface area (TPSA) is 68.8 Å². The van der Waals surface area contributed by atoms with Crippen LogP contribution in [0.2, 0.25) is 5.02 Å². The normalized spacial score (nSPS) is 8.76. The molecule has 1 aromatic rings. The number of nitrogens with one attached hydrogen (secondary N) is 1. The van der Waals surface area contributed by atoms with E-state index in [9.17, 15) is 0 Å². The zero-order chi connectivity index (χ0) is 12.8. The van der Waals surface area contributed by atoms with Gasteiger partial charge in [0.1, 0.15) is 23.5 Å². The summed E-state index contributed by atoms with van der Waals surface area (Å²) < 4.78 is 5.16. The first-order valence-corrected chi connectivity index (χ1v) is 5.11.